The number of para-hydroxylation sites is 2. The minimum absolute atomic E-state index is 0.147. The van der Waals surface area contributed by atoms with E-state index in [2.05, 4.69) is 64.1 Å². The van der Waals surface area contributed by atoms with Crippen LogP contribution in [0, 0.1) is 13.8 Å². The van der Waals surface area contributed by atoms with E-state index in [1.807, 2.05) is 60.7 Å². The summed E-state index contributed by atoms with van der Waals surface area (Å²) in [5.41, 5.74) is 4.60. The Morgan fingerprint density at radius 1 is 0.516 bits per heavy atom. The van der Waals surface area contributed by atoms with Gasteiger partial charge in [0.15, 0.2) is 0 Å². The Kier molecular flexibility index (Phi) is 5.81. The van der Waals surface area contributed by atoms with Gasteiger partial charge < -0.3 is 9.47 Å². The van der Waals surface area contributed by atoms with Gasteiger partial charge in [-0.25, -0.2) is 0 Å². The van der Waals surface area contributed by atoms with Crippen LogP contribution < -0.4 is 9.47 Å². The maximum atomic E-state index is 6.06. The highest BCUT2D eigenvalue weighted by Gasteiger charge is 2.24. The Hall–Kier alpha value is -3.52. The molecular formula is C29H28O2. The first-order valence-electron chi connectivity index (χ1n) is 10.6. The minimum Gasteiger partial charge on any atom is -0.457 e. The number of aryl methyl sites for hydroxylation is 2. The lowest BCUT2D eigenvalue weighted by molar-refractivity contribution is 0.477. The number of rotatable bonds is 6. The second kappa shape index (κ2) is 8.69. The van der Waals surface area contributed by atoms with E-state index in [-0.39, 0.29) is 5.41 Å². The van der Waals surface area contributed by atoms with E-state index in [1.165, 1.54) is 11.1 Å². The number of hydrogen-bond acceptors (Lipinski definition) is 2. The van der Waals surface area contributed by atoms with Crippen LogP contribution in [0.5, 0.6) is 23.0 Å². The summed E-state index contributed by atoms with van der Waals surface area (Å²) in [6.45, 7) is 8.71. The molecule has 0 spiro atoms. The van der Waals surface area contributed by atoms with E-state index in [4.69, 9.17) is 9.47 Å². The predicted molar refractivity (Wildman–Crippen MR) is 128 cm³/mol. The molecule has 0 aliphatic carbocycles. The second-order valence-electron chi connectivity index (χ2n) is 8.42. The summed E-state index contributed by atoms with van der Waals surface area (Å²) in [5.74, 6) is 3.46. The molecule has 0 N–H and O–H groups in total. The van der Waals surface area contributed by atoms with Crippen LogP contribution in [0.25, 0.3) is 0 Å². The van der Waals surface area contributed by atoms with Crippen molar-refractivity contribution in [2.45, 2.75) is 33.1 Å². The molecule has 4 aromatic rings. The highest BCUT2D eigenvalue weighted by molar-refractivity contribution is 5.48. The van der Waals surface area contributed by atoms with E-state index in [0.717, 1.165) is 34.1 Å². The molecule has 0 atom stereocenters. The monoisotopic (exact) mass is 408 g/mol. The van der Waals surface area contributed by atoms with E-state index in [9.17, 15) is 0 Å². The Morgan fingerprint density at radius 2 is 0.903 bits per heavy atom. The van der Waals surface area contributed by atoms with Gasteiger partial charge in [-0.1, -0.05) is 74.5 Å². The molecule has 156 valence electrons. The zero-order valence-electron chi connectivity index (χ0n) is 18.6. The van der Waals surface area contributed by atoms with Crippen LogP contribution >= 0.6 is 0 Å². The van der Waals surface area contributed by atoms with E-state index < -0.39 is 0 Å². The van der Waals surface area contributed by atoms with Crippen LogP contribution in [-0.2, 0) is 5.41 Å². The third-order valence-corrected chi connectivity index (χ3v) is 5.74. The van der Waals surface area contributed by atoms with Crippen LogP contribution in [0.3, 0.4) is 0 Å². The van der Waals surface area contributed by atoms with Crippen molar-refractivity contribution in [2.75, 3.05) is 0 Å². The molecule has 4 rings (SSSR count). The molecule has 0 heterocycles. The summed E-state index contributed by atoms with van der Waals surface area (Å²) in [4.78, 5) is 0. The van der Waals surface area contributed by atoms with Gasteiger partial charge in [0.1, 0.15) is 23.0 Å². The normalized spacial score (nSPS) is 11.2. The van der Waals surface area contributed by atoms with Crippen LogP contribution in [0.1, 0.15) is 36.1 Å². The van der Waals surface area contributed by atoms with E-state index in [1.54, 1.807) is 0 Å². The largest absolute Gasteiger partial charge is 0.457 e. The summed E-state index contributed by atoms with van der Waals surface area (Å²) in [7, 11) is 0. The lowest BCUT2D eigenvalue weighted by Crippen LogP contribution is -2.19. The maximum absolute atomic E-state index is 6.06. The first kappa shape index (κ1) is 20.7. The summed E-state index contributed by atoms with van der Waals surface area (Å²) in [5, 5.41) is 0. The average molecular weight is 409 g/mol. The Bertz CT molecular complexity index is 1070. The van der Waals surface area contributed by atoms with Crippen molar-refractivity contribution in [3.8, 4) is 23.0 Å². The quantitative estimate of drug-likeness (QED) is 0.320. The highest BCUT2D eigenvalue weighted by Crippen LogP contribution is 2.37. The SMILES string of the molecule is Cc1cc(C(C)(C)c2ccc(Oc3ccccc3)c(C)c2)ccc1Oc1ccccc1. The molecule has 0 aliphatic rings. The molecule has 0 radical (unpaired) electrons. The minimum atomic E-state index is -0.147. The first-order valence-corrected chi connectivity index (χ1v) is 10.6. The van der Waals surface area contributed by atoms with Crippen molar-refractivity contribution in [1.82, 2.24) is 0 Å². The zero-order chi connectivity index (χ0) is 21.8. The van der Waals surface area contributed by atoms with E-state index >= 15 is 0 Å². The van der Waals surface area contributed by atoms with Crippen molar-refractivity contribution in [2.24, 2.45) is 0 Å². The summed E-state index contributed by atoms with van der Waals surface area (Å²) in [6.07, 6.45) is 0. The Balaban J connectivity index is 1.57. The molecule has 2 heteroatoms. The van der Waals surface area contributed by atoms with Crippen molar-refractivity contribution in [3.63, 3.8) is 0 Å². The lowest BCUT2D eigenvalue weighted by atomic mass is 9.77. The van der Waals surface area contributed by atoms with Crippen LogP contribution in [0.15, 0.2) is 97.1 Å². The van der Waals surface area contributed by atoms with Gasteiger partial charge in [0.05, 0.1) is 0 Å². The molecule has 31 heavy (non-hydrogen) atoms. The van der Waals surface area contributed by atoms with Gasteiger partial charge in [0.2, 0.25) is 0 Å². The fourth-order valence-corrected chi connectivity index (χ4v) is 3.70. The molecule has 0 saturated carbocycles. The molecule has 0 amide bonds. The average Bonchev–Trinajstić information content (AvgIpc) is 2.78. The molecular weight excluding hydrogens is 380 g/mol. The zero-order valence-corrected chi connectivity index (χ0v) is 18.6. The summed E-state index contributed by atoms with van der Waals surface area (Å²) < 4.78 is 12.1. The second-order valence-corrected chi connectivity index (χ2v) is 8.42. The van der Waals surface area contributed by atoms with Crippen LogP contribution in [0.2, 0.25) is 0 Å². The van der Waals surface area contributed by atoms with Gasteiger partial charge in [-0.05, 0) is 72.5 Å². The third-order valence-electron chi connectivity index (χ3n) is 5.74. The Labute approximate surface area is 185 Å². The third kappa shape index (κ3) is 4.64. The Morgan fingerprint density at radius 3 is 1.26 bits per heavy atom. The van der Waals surface area contributed by atoms with Crippen LogP contribution in [0.4, 0.5) is 0 Å². The number of hydrogen-bond donors (Lipinski definition) is 0. The molecule has 0 aliphatic heterocycles. The van der Waals surface area contributed by atoms with Crippen molar-refractivity contribution in [1.29, 1.82) is 0 Å². The van der Waals surface area contributed by atoms with Gasteiger partial charge in [0.25, 0.3) is 0 Å². The van der Waals surface area contributed by atoms with Gasteiger partial charge >= 0.3 is 0 Å². The lowest BCUT2D eigenvalue weighted by Gasteiger charge is -2.28. The van der Waals surface area contributed by atoms with Gasteiger partial charge in [-0.3, -0.25) is 0 Å². The molecule has 0 fully saturated rings. The summed E-state index contributed by atoms with van der Waals surface area (Å²) >= 11 is 0. The molecule has 4 aromatic carbocycles. The fourth-order valence-electron chi connectivity index (χ4n) is 3.70. The van der Waals surface area contributed by atoms with E-state index in [0.29, 0.717) is 0 Å². The fraction of sp³-hybridized carbons (Fsp3) is 0.172. The molecule has 0 aromatic heterocycles. The van der Waals surface area contributed by atoms with Crippen LogP contribution in [-0.4, -0.2) is 0 Å². The molecule has 2 nitrogen and oxygen atoms in total. The standard InChI is InChI=1S/C29H28O2/c1-21-19-23(15-17-27(21)30-25-11-7-5-8-12-25)29(3,4)24-16-18-28(22(2)20-24)31-26-13-9-6-10-14-26/h5-20H,1-4H3. The first-order chi connectivity index (χ1) is 14.9. The van der Waals surface area contributed by atoms with Crippen molar-refractivity contribution in [3.05, 3.63) is 119 Å². The molecule has 0 bridgehead atoms. The molecule has 0 unspecified atom stereocenters. The van der Waals surface area contributed by atoms with Crippen molar-refractivity contribution < 1.29 is 9.47 Å². The number of ether oxygens (including phenoxy) is 2. The summed E-state index contributed by atoms with van der Waals surface area (Å²) in [6, 6.07) is 32.7. The number of benzene rings is 4. The van der Waals surface area contributed by atoms with Gasteiger partial charge in [-0.2, -0.15) is 0 Å². The molecule has 0 saturated heterocycles. The predicted octanol–water partition coefficient (Wildman–Crippen LogP) is 8.21. The van der Waals surface area contributed by atoms with Gasteiger partial charge in [0, 0.05) is 5.41 Å². The smallest absolute Gasteiger partial charge is 0.130 e. The maximum Gasteiger partial charge on any atom is 0.130 e. The highest BCUT2D eigenvalue weighted by atomic mass is 16.5. The van der Waals surface area contributed by atoms with Crippen molar-refractivity contribution >= 4 is 0 Å². The van der Waals surface area contributed by atoms with Gasteiger partial charge in [-0.15, -0.1) is 0 Å². The topological polar surface area (TPSA) is 18.5 Å².